The van der Waals surface area contributed by atoms with Crippen molar-refractivity contribution in [1.29, 1.82) is 0 Å². The number of carbonyl (C=O) groups excluding carboxylic acids is 4. The molecule has 164 valence electrons. The Morgan fingerprint density at radius 3 is 2.17 bits per heavy atom. The molecule has 2 rings (SSSR count). The fraction of sp³-hybridized carbons (Fsp3) is 0.800. The Balaban J connectivity index is 1.82. The molecule has 0 aromatic rings. The monoisotopic (exact) mass is 410 g/mol. The second kappa shape index (κ2) is 10.5. The molecule has 0 saturated carbocycles. The molecule has 0 radical (unpaired) electrons. The lowest BCUT2D eigenvalue weighted by Gasteiger charge is -2.35. The van der Waals surface area contributed by atoms with Gasteiger partial charge in [-0.05, 0) is 32.6 Å². The Morgan fingerprint density at radius 2 is 1.59 bits per heavy atom. The molecule has 2 heterocycles. The van der Waals surface area contributed by atoms with Crippen LogP contribution < -0.4 is 0 Å². The summed E-state index contributed by atoms with van der Waals surface area (Å²) < 4.78 is 5.08. The van der Waals surface area contributed by atoms with Gasteiger partial charge in [0.15, 0.2) is 0 Å². The molecular formula is C20H34N4O5. The highest BCUT2D eigenvalue weighted by molar-refractivity contribution is 5.86. The van der Waals surface area contributed by atoms with E-state index in [0.717, 1.165) is 12.8 Å². The quantitative estimate of drug-likeness (QED) is 0.621. The fourth-order valence-electron chi connectivity index (χ4n) is 3.95. The summed E-state index contributed by atoms with van der Waals surface area (Å²) in [6.45, 7) is 4.15. The van der Waals surface area contributed by atoms with Crippen molar-refractivity contribution in [2.75, 3.05) is 60.5 Å². The molecule has 4 amide bonds. The van der Waals surface area contributed by atoms with Crippen molar-refractivity contribution in [3.05, 3.63) is 0 Å². The van der Waals surface area contributed by atoms with Crippen LogP contribution in [0.3, 0.4) is 0 Å². The highest BCUT2D eigenvalue weighted by Gasteiger charge is 2.33. The summed E-state index contributed by atoms with van der Waals surface area (Å²) in [6.07, 6.45) is 2.68. The van der Waals surface area contributed by atoms with Crippen LogP contribution in [-0.2, 0) is 19.1 Å². The first kappa shape index (κ1) is 23.0. The van der Waals surface area contributed by atoms with Gasteiger partial charge in [-0.1, -0.05) is 0 Å². The molecule has 0 N–H and O–H groups in total. The van der Waals surface area contributed by atoms with Gasteiger partial charge in [0.1, 0.15) is 0 Å². The summed E-state index contributed by atoms with van der Waals surface area (Å²) in [5.74, 6) is -0.919. The number of piperidine rings is 2. The van der Waals surface area contributed by atoms with Crippen molar-refractivity contribution >= 4 is 23.8 Å². The molecule has 0 aliphatic carbocycles. The van der Waals surface area contributed by atoms with Crippen LogP contribution in [0, 0.1) is 11.8 Å². The maximum absolute atomic E-state index is 12.8. The average molecular weight is 411 g/mol. The van der Waals surface area contributed by atoms with Crippen molar-refractivity contribution in [2.24, 2.45) is 11.8 Å². The van der Waals surface area contributed by atoms with E-state index in [-0.39, 0.29) is 42.2 Å². The number of carbonyl (C=O) groups is 4. The molecule has 2 aliphatic rings. The van der Waals surface area contributed by atoms with Gasteiger partial charge in [0.2, 0.25) is 11.8 Å². The smallest absolute Gasteiger partial charge is 0.319 e. The number of ether oxygens (including phenoxy) is 1. The Labute approximate surface area is 172 Å². The molecule has 29 heavy (non-hydrogen) atoms. The molecule has 0 bridgehead atoms. The lowest BCUT2D eigenvalue weighted by Crippen LogP contribution is -2.49. The van der Waals surface area contributed by atoms with E-state index < -0.39 is 0 Å². The van der Waals surface area contributed by atoms with Gasteiger partial charge in [-0.15, -0.1) is 0 Å². The Kier molecular flexibility index (Phi) is 8.28. The number of urea groups is 1. The molecule has 0 aromatic heterocycles. The van der Waals surface area contributed by atoms with E-state index in [9.17, 15) is 19.2 Å². The molecule has 1 unspecified atom stereocenters. The first-order chi connectivity index (χ1) is 13.7. The van der Waals surface area contributed by atoms with E-state index in [2.05, 4.69) is 0 Å². The van der Waals surface area contributed by atoms with E-state index >= 15 is 0 Å². The van der Waals surface area contributed by atoms with E-state index in [4.69, 9.17) is 4.74 Å². The zero-order valence-electron chi connectivity index (χ0n) is 18.1. The summed E-state index contributed by atoms with van der Waals surface area (Å²) in [6, 6.07) is -0.0410. The van der Waals surface area contributed by atoms with Crippen molar-refractivity contribution in [2.45, 2.75) is 32.6 Å². The molecule has 0 aromatic carbocycles. The molecule has 1 atom stereocenters. The summed E-state index contributed by atoms with van der Waals surface area (Å²) in [5.41, 5.74) is 0. The number of likely N-dealkylation sites (N-methyl/N-ethyl adjacent to an activating group) is 1. The summed E-state index contributed by atoms with van der Waals surface area (Å²) in [7, 11) is 5.07. The number of hydrogen-bond donors (Lipinski definition) is 0. The van der Waals surface area contributed by atoms with Crippen LogP contribution >= 0.6 is 0 Å². The van der Waals surface area contributed by atoms with Gasteiger partial charge in [-0.3, -0.25) is 14.4 Å². The SMILES string of the molecule is CCOC(=O)C1CCCN(C(=O)CN(C)C(=O)C2CCN(C(=O)N(C)C)CC2)C1. The second-order valence-corrected chi connectivity index (χ2v) is 8.06. The Hall–Kier alpha value is -2.32. The predicted molar refractivity (Wildman–Crippen MR) is 107 cm³/mol. The minimum absolute atomic E-state index is 0.00518. The molecule has 2 saturated heterocycles. The number of esters is 1. The van der Waals surface area contributed by atoms with Gasteiger partial charge < -0.3 is 24.3 Å². The number of hydrogen-bond acceptors (Lipinski definition) is 5. The van der Waals surface area contributed by atoms with Crippen molar-refractivity contribution in [3.8, 4) is 0 Å². The molecule has 2 fully saturated rings. The highest BCUT2D eigenvalue weighted by Crippen LogP contribution is 2.21. The van der Waals surface area contributed by atoms with Crippen LogP contribution in [0.5, 0.6) is 0 Å². The van der Waals surface area contributed by atoms with E-state index in [1.807, 2.05) is 0 Å². The second-order valence-electron chi connectivity index (χ2n) is 8.06. The fourth-order valence-corrected chi connectivity index (χ4v) is 3.95. The molecular weight excluding hydrogens is 376 g/mol. The van der Waals surface area contributed by atoms with Gasteiger partial charge in [-0.25, -0.2) is 4.79 Å². The largest absolute Gasteiger partial charge is 0.466 e. The van der Waals surface area contributed by atoms with Crippen LogP contribution in [0.2, 0.25) is 0 Å². The molecule has 0 spiro atoms. The van der Waals surface area contributed by atoms with E-state index in [0.29, 0.717) is 45.6 Å². The topological polar surface area (TPSA) is 90.5 Å². The third-order valence-electron chi connectivity index (χ3n) is 5.64. The minimum atomic E-state index is -0.285. The third-order valence-corrected chi connectivity index (χ3v) is 5.64. The minimum Gasteiger partial charge on any atom is -0.466 e. The zero-order valence-corrected chi connectivity index (χ0v) is 18.1. The van der Waals surface area contributed by atoms with Gasteiger partial charge in [0, 0.05) is 53.2 Å². The normalized spacial score (nSPS) is 20.2. The van der Waals surface area contributed by atoms with Crippen molar-refractivity contribution < 1.29 is 23.9 Å². The van der Waals surface area contributed by atoms with Crippen LogP contribution in [0.4, 0.5) is 4.79 Å². The molecule has 9 heteroatoms. The van der Waals surface area contributed by atoms with Crippen LogP contribution in [0.1, 0.15) is 32.6 Å². The average Bonchev–Trinajstić information content (AvgIpc) is 2.72. The Morgan fingerprint density at radius 1 is 0.931 bits per heavy atom. The van der Waals surface area contributed by atoms with Crippen molar-refractivity contribution in [1.82, 2.24) is 19.6 Å². The van der Waals surface area contributed by atoms with Crippen LogP contribution in [0.25, 0.3) is 0 Å². The maximum Gasteiger partial charge on any atom is 0.319 e. The summed E-state index contributed by atoms with van der Waals surface area (Å²) in [5, 5.41) is 0. The lowest BCUT2D eigenvalue weighted by atomic mass is 9.95. The van der Waals surface area contributed by atoms with E-state index in [1.54, 1.807) is 37.9 Å². The number of rotatable bonds is 5. The lowest BCUT2D eigenvalue weighted by molar-refractivity contribution is -0.152. The molecule has 2 aliphatic heterocycles. The summed E-state index contributed by atoms with van der Waals surface area (Å²) in [4.78, 5) is 55.8. The molecule has 9 nitrogen and oxygen atoms in total. The number of likely N-dealkylation sites (tertiary alicyclic amines) is 2. The first-order valence-corrected chi connectivity index (χ1v) is 10.4. The number of amides is 4. The predicted octanol–water partition coefficient (Wildman–Crippen LogP) is 0.640. The maximum atomic E-state index is 12.8. The van der Waals surface area contributed by atoms with Gasteiger partial charge in [0.05, 0.1) is 19.1 Å². The first-order valence-electron chi connectivity index (χ1n) is 10.4. The standard InChI is InChI=1S/C20H34N4O5/c1-5-29-19(27)16-7-6-10-24(13-16)17(25)14-22(4)18(26)15-8-11-23(12-9-15)20(28)21(2)3/h15-16H,5-14H2,1-4H3. The van der Waals surface area contributed by atoms with Gasteiger partial charge >= 0.3 is 12.0 Å². The van der Waals surface area contributed by atoms with Gasteiger partial charge in [0.25, 0.3) is 0 Å². The number of nitrogens with zero attached hydrogens (tertiary/aromatic N) is 4. The van der Waals surface area contributed by atoms with E-state index in [1.165, 1.54) is 9.80 Å². The Bertz CT molecular complexity index is 616. The third kappa shape index (κ3) is 6.08. The van der Waals surface area contributed by atoms with Gasteiger partial charge in [-0.2, -0.15) is 0 Å². The summed E-state index contributed by atoms with van der Waals surface area (Å²) >= 11 is 0. The van der Waals surface area contributed by atoms with Crippen LogP contribution in [0.15, 0.2) is 0 Å². The van der Waals surface area contributed by atoms with Crippen LogP contribution in [-0.4, -0.2) is 104 Å². The highest BCUT2D eigenvalue weighted by atomic mass is 16.5. The zero-order chi connectivity index (χ0) is 21.6. The van der Waals surface area contributed by atoms with Crippen molar-refractivity contribution in [3.63, 3.8) is 0 Å².